The van der Waals surface area contributed by atoms with Crippen LogP contribution in [0.4, 0.5) is 5.69 Å². The van der Waals surface area contributed by atoms with Gasteiger partial charge in [-0.15, -0.1) is 0 Å². The highest BCUT2D eigenvalue weighted by Gasteiger charge is 2.26. The predicted molar refractivity (Wildman–Crippen MR) is 145 cm³/mol. The Labute approximate surface area is 210 Å². The Morgan fingerprint density at radius 2 is 1.38 bits per heavy atom. The average Bonchev–Trinajstić information content (AvgIpc) is 2.89. The van der Waals surface area contributed by atoms with E-state index in [1.54, 1.807) is 24.3 Å². The number of rotatable bonds is 7. The van der Waals surface area contributed by atoms with Crippen molar-refractivity contribution in [2.75, 3.05) is 31.6 Å². The summed E-state index contributed by atoms with van der Waals surface area (Å²) < 4.78 is 32.3. The fourth-order valence-corrected chi connectivity index (χ4v) is 8.02. The van der Waals surface area contributed by atoms with Gasteiger partial charge in [0.2, 0.25) is 10.0 Å². The van der Waals surface area contributed by atoms with Crippen LogP contribution >= 0.6 is 18.4 Å². The molecule has 0 spiro atoms. The van der Waals surface area contributed by atoms with E-state index in [-0.39, 0.29) is 4.90 Å². The number of hydrogen-bond acceptors (Lipinski definition) is 5. The summed E-state index contributed by atoms with van der Waals surface area (Å²) in [7, 11) is -3.54. The Morgan fingerprint density at radius 1 is 0.853 bits per heavy atom. The second-order valence-corrected chi connectivity index (χ2v) is 14.0. The predicted octanol–water partition coefficient (Wildman–Crippen LogP) is 2.54. The molecule has 0 amide bonds. The smallest absolute Gasteiger partial charge is 0.243 e. The van der Waals surface area contributed by atoms with Gasteiger partial charge in [-0.3, -0.25) is 5.43 Å². The van der Waals surface area contributed by atoms with Gasteiger partial charge >= 0.3 is 0 Å². The third-order valence-electron chi connectivity index (χ3n) is 5.29. The minimum absolute atomic E-state index is 0.237. The quantitative estimate of drug-likeness (QED) is 0.243. The van der Waals surface area contributed by atoms with Gasteiger partial charge in [-0.05, 0) is 36.5 Å². The van der Waals surface area contributed by atoms with Crippen molar-refractivity contribution in [2.45, 2.75) is 4.90 Å². The molecule has 1 fully saturated rings. The number of nitrogens with zero attached hydrogens (tertiary/aromatic N) is 1. The summed E-state index contributed by atoms with van der Waals surface area (Å²) in [6.45, 7) is 1.53. The molecule has 0 aliphatic carbocycles. The number of hydrazine groups is 1. The maximum absolute atomic E-state index is 12.8. The maximum Gasteiger partial charge on any atom is 0.243 e. The van der Waals surface area contributed by atoms with Crippen LogP contribution in [0.1, 0.15) is 0 Å². The molecule has 1 aliphatic rings. The molecule has 1 heterocycles. The fraction of sp³-hybridized carbons (Fsp3) is 0.174. The molecule has 0 bridgehead atoms. The van der Waals surface area contributed by atoms with Crippen LogP contribution in [0.2, 0.25) is 0 Å². The Hall–Kier alpha value is -2.17. The molecule has 178 valence electrons. The van der Waals surface area contributed by atoms with Crippen molar-refractivity contribution in [3.63, 3.8) is 0 Å². The molecular formula is C23H25N4O3PS3. The Morgan fingerprint density at radius 3 is 1.91 bits per heavy atom. The largest absolute Gasteiger partial charge is 0.379 e. The van der Waals surface area contributed by atoms with E-state index in [2.05, 4.69) is 15.9 Å². The molecule has 11 heteroatoms. The van der Waals surface area contributed by atoms with E-state index in [0.717, 1.165) is 10.6 Å². The van der Waals surface area contributed by atoms with Crippen LogP contribution in [0.15, 0.2) is 89.8 Å². The number of nitrogens with one attached hydrogen (secondary N) is 3. The third kappa shape index (κ3) is 5.72. The number of anilines is 1. The van der Waals surface area contributed by atoms with Crippen molar-refractivity contribution < 1.29 is 13.2 Å². The van der Waals surface area contributed by atoms with Crippen LogP contribution < -0.4 is 26.5 Å². The van der Waals surface area contributed by atoms with E-state index in [4.69, 9.17) is 28.8 Å². The summed E-state index contributed by atoms with van der Waals surface area (Å²) in [5.74, 6) is 0. The molecule has 1 aliphatic heterocycles. The van der Waals surface area contributed by atoms with Crippen LogP contribution in [0.5, 0.6) is 0 Å². The molecule has 3 aromatic carbocycles. The van der Waals surface area contributed by atoms with Crippen LogP contribution in [0, 0.1) is 0 Å². The molecule has 0 aromatic heterocycles. The van der Waals surface area contributed by atoms with Crippen LogP contribution in [0.3, 0.4) is 0 Å². The van der Waals surface area contributed by atoms with Crippen molar-refractivity contribution in [1.29, 1.82) is 0 Å². The second-order valence-electron chi connectivity index (χ2n) is 7.51. The number of benzene rings is 3. The number of morpholine rings is 1. The number of thiocarbonyl (C=S) groups is 1. The fourth-order valence-electron chi connectivity index (χ4n) is 3.49. The summed E-state index contributed by atoms with van der Waals surface area (Å²) in [6.07, 6.45) is -2.38. The van der Waals surface area contributed by atoms with E-state index in [1.807, 2.05) is 60.7 Å². The van der Waals surface area contributed by atoms with Crippen molar-refractivity contribution >= 4 is 61.6 Å². The number of sulfonamides is 1. The molecule has 0 radical (unpaired) electrons. The lowest BCUT2D eigenvalue weighted by Crippen LogP contribution is -2.42. The zero-order valence-corrected chi connectivity index (χ0v) is 21.6. The normalized spacial score (nSPS) is 14.9. The maximum atomic E-state index is 12.8. The molecule has 3 N–H and O–H groups in total. The summed E-state index contributed by atoms with van der Waals surface area (Å²) >= 11 is 11.6. The third-order valence-corrected chi connectivity index (χ3v) is 11.4. The highest BCUT2D eigenvalue weighted by molar-refractivity contribution is 8.20. The first kappa shape index (κ1) is 24.9. The molecule has 34 heavy (non-hydrogen) atoms. The topological polar surface area (TPSA) is 82.7 Å². The summed E-state index contributed by atoms with van der Waals surface area (Å²) in [5.41, 5.74) is 3.70. The molecule has 0 unspecified atom stereocenters. The van der Waals surface area contributed by atoms with Gasteiger partial charge in [0.1, 0.15) is 0 Å². The molecule has 0 saturated carbocycles. The van der Waals surface area contributed by atoms with Gasteiger partial charge in [0.15, 0.2) is 5.11 Å². The van der Waals surface area contributed by atoms with Gasteiger partial charge in [-0.2, -0.15) is 9.50 Å². The molecule has 7 nitrogen and oxygen atoms in total. The first-order chi connectivity index (χ1) is 16.4. The standard InChI is InChI=1S/C23H25N4O3PS3/c28-34(29,27-15-17-30-18-16-27)22-13-11-19(12-14-22)24-23(32)25-26-31(33,20-7-3-1-4-8-20)21-9-5-2-6-10-21/h1-14H,15-18H2,(H,26,33)(H2,24,25,32). The molecule has 1 saturated heterocycles. The lowest BCUT2D eigenvalue weighted by molar-refractivity contribution is 0.0730. The van der Waals surface area contributed by atoms with Gasteiger partial charge in [0, 0.05) is 29.4 Å². The van der Waals surface area contributed by atoms with E-state index >= 15 is 0 Å². The monoisotopic (exact) mass is 532 g/mol. The summed E-state index contributed by atoms with van der Waals surface area (Å²) in [4.78, 5) is 0.237. The Kier molecular flexibility index (Phi) is 8.10. The van der Waals surface area contributed by atoms with E-state index < -0.39 is 16.2 Å². The zero-order chi connectivity index (χ0) is 24.0. The lowest BCUT2D eigenvalue weighted by atomic mass is 10.3. The number of hydrogen-bond donors (Lipinski definition) is 3. The van der Waals surface area contributed by atoms with E-state index in [1.165, 1.54) is 4.31 Å². The molecule has 3 aromatic rings. The SMILES string of the molecule is O=S(=O)(c1ccc(NC(=S)NNP(=S)(c2ccccc2)c2ccccc2)cc1)N1CCOCC1. The Balaban J connectivity index is 1.43. The van der Waals surface area contributed by atoms with Gasteiger partial charge < -0.3 is 10.1 Å². The van der Waals surface area contributed by atoms with Crippen LogP contribution in [0.25, 0.3) is 0 Å². The van der Waals surface area contributed by atoms with Crippen molar-refractivity contribution in [3.05, 3.63) is 84.9 Å². The highest BCUT2D eigenvalue weighted by atomic mass is 32.4. The molecule has 4 rings (SSSR count). The van der Waals surface area contributed by atoms with Gasteiger partial charge in [0.25, 0.3) is 0 Å². The van der Waals surface area contributed by atoms with Gasteiger partial charge in [-0.25, -0.2) is 8.42 Å². The Bertz CT molecular complexity index is 1220. The second kappa shape index (κ2) is 11.0. The van der Waals surface area contributed by atoms with Crippen molar-refractivity contribution in [2.24, 2.45) is 0 Å². The van der Waals surface area contributed by atoms with Crippen molar-refractivity contribution in [1.82, 2.24) is 14.9 Å². The minimum atomic E-state index is -3.54. The number of ether oxygens (including phenoxy) is 1. The molecule has 0 atom stereocenters. The average molecular weight is 533 g/mol. The van der Waals surface area contributed by atoms with E-state index in [0.29, 0.717) is 37.1 Å². The minimum Gasteiger partial charge on any atom is -0.379 e. The van der Waals surface area contributed by atoms with Crippen molar-refractivity contribution in [3.8, 4) is 0 Å². The zero-order valence-electron chi connectivity index (χ0n) is 18.3. The lowest BCUT2D eigenvalue weighted by Gasteiger charge is -2.26. The van der Waals surface area contributed by atoms with E-state index in [9.17, 15) is 8.42 Å². The highest BCUT2D eigenvalue weighted by Crippen LogP contribution is 2.38. The first-order valence-corrected chi connectivity index (χ1v) is 15.3. The van der Waals surface area contributed by atoms with Gasteiger partial charge in [-0.1, -0.05) is 72.5 Å². The first-order valence-electron chi connectivity index (χ1n) is 10.6. The van der Waals surface area contributed by atoms with Gasteiger partial charge in [0.05, 0.1) is 24.3 Å². The summed E-state index contributed by atoms with van der Waals surface area (Å²) in [5, 5.41) is 8.69. The summed E-state index contributed by atoms with van der Waals surface area (Å²) in [6, 6.07) is 26.3. The van der Waals surface area contributed by atoms with Crippen LogP contribution in [-0.2, 0) is 26.6 Å². The molecular weight excluding hydrogens is 507 g/mol. The van der Waals surface area contributed by atoms with Crippen LogP contribution in [-0.4, -0.2) is 44.1 Å².